The molecule has 5 nitrogen and oxygen atoms in total. The molecule has 0 unspecified atom stereocenters. The number of phenolic OH excluding ortho intramolecular Hbond substituents is 1. The standard InChI is InChI=1S/C10H15ClN2O3S/c1-17(15,16)13-5-4-12-7-8-2-3-10(14)9(11)6-8/h2-3,6,12-14H,4-5,7H2,1H3. The molecule has 0 saturated heterocycles. The van der Waals surface area contributed by atoms with E-state index in [2.05, 4.69) is 10.0 Å². The summed E-state index contributed by atoms with van der Waals surface area (Å²) in [5, 5.41) is 12.6. The van der Waals surface area contributed by atoms with Gasteiger partial charge in [-0.1, -0.05) is 17.7 Å². The summed E-state index contributed by atoms with van der Waals surface area (Å²) in [6.07, 6.45) is 1.12. The van der Waals surface area contributed by atoms with Crippen LogP contribution in [0.15, 0.2) is 18.2 Å². The Kier molecular flexibility index (Phi) is 5.20. The monoisotopic (exact) mass is 278 g/mol. The third-order valence-corrected chi connectivity index (χ3v) is 3.04. The lowest BCUT2D eigenvalue weighted by molar-refractivity contribution is 0.475. The van der Waals surface area contributed by atoms with Crippen molar-refractivity contribution in [2.75, 3.05) is 19.3 Å². The minimum atomic E-state index is -3.13. The van der Waals surface area contributed by atoms with Crippen LogP contribution in [0.25, 0.3) is 0 Å². The van der Waals surface area contributed by atoms with Gasteiger partial charge in [-0.15, -0.1) is 0 Å². The van der Waals surface area contributed by atoms with Crippen molar-refractivity contribution in [2.45, 2.75) is 6.54 Å². The minimum Gasteiger partial charge on any atom is -0.506 e. The Labute approximate surface area is 106 Å². The molecule has 1 rings (SSSR count). The number of phenols is 1. The summed E-state index contributed by atoms with van der Waals surface area (Å²) in [7, 11) is -3.13. The zero-order chi connectivity index (χ0) is 12.9. The van der Waals surface area contributed by atoms with Crippen molar-refractivity contribution >= 4 is 21.6 Å². The molecule has 0 spiro atoms. The lowest BCUT2D eigenvalue weighted by Crippen LogP contribution is -2.30. The first-order valence-electron chi connectivity index (χ1n) is 5.01. The van der Waals surface area contributed by atoms with Crippen molar-refractivity contribution < 1.29 is 13.5 Å². The normalized spacial score (nSPS) is 11.6. The quantitative estimate of drug-likeness (QED) is 0.669. The summed E-state index contributed by atoms with van der Waals surface area (Å²) in [4.78, 5) is 0. The number of benzene rings is 1. The minimum absolute atomic E-state index is 0.0501. The molecule has 0 bridgehead atoms. The Balaban J connectivity index is 2.29. The summed E-state index contributed by atoms with van der Waals surface area (Å²) in [6, 6.07) is 4.93. The fraction of sp³-hybridized carbons (Fsp3) is 0.400. The molecule has 96 valence electrons. The van der Waals surface area contributed by atoms with E-state index in [0.717, 1.165) is 11.8 Å². The van der Waals surface area contributed by atoms with E-state index in [-0.39, 0.29) is 5.75 Å². The zero-order valence-corrected chi connectivity index (χ0v) is 11.0. The van der Waals surface area contributed by atoms with Crippen LogP contribution in [0.4, 0.5) is 0 Å². The van der Waals surface area contributed by atoms with Crippen LogP contribution in [0.3, 0.4) is 0 Å². The molecule has 1 aromatic carbocycles. The Morgan fingerprint density at radius 3 is 2.65 bits per heavy atom. The molecule has 0 heterocycles. The average molecular weight is 279 g/mol. The van der Waals surface area contributed by atoms with Crippen molar-refractivity contribution in [2.24, 2.45) is 0 Å². The Morgan fingerprint density at radius 2 is 2.06 bits per heavy atom. The molecule has 7 heteroatoms. The molecule has 0 aliphatic rings. The van der Waals surface area contributed by atoms with Crippen LogP contribution in [-0.2, 0) is 16.6 Å². The molecular weight excluding hydrogens is 264 g/mol. The predicted molar refractivity (Wildman–Crippen MR) is 67.7 cm³/mol. The number of rotatable bonds is 6. The van der Waals surface area contributed by atoms with Crippen LogP contribution in [0.5, 0.6) is 5.75 Å². The van der Waals surface area contributed by atoms with Gasteiger partial charge in [0.1, 0.15) is 5.75 Å². The number of hydrogen-bond acceptors (Lipinski definition) is 4. The van der Waals surface area contributed by atoms with E-state index in [0.29, 0.717) is 24.7 Å². The highest BCUT2D eigenvalue weighted by Crippen LogP contribution is 2.23. The summed E-state index contributed by atoms with van der Waals surface area (Å²) < 4.78 is 23.9. The van der Waals surface area contributed by atoms with Crippen LogP contribution < -0.4 is 10.0 Å². The summed E-state index contributed by atoms with van der Waals surface area (Å²) in [6.45, 7) is 1.42. The lowest BCUT2D eigenvalue weighted by Gasteiger charge is -2.06. The third-order valence-electron chi connectivity index (χ3n) is 2.01. The lowest BCUT2D eigenvalue weighted by atomic mass is 10.2. The molecule has 0 atom stereocenters. The second kappa shape index (κ2) is 6.20. The molecule has 3 N–H and O–H groups in total. The summed E-state index contributed by atoms with van der Waals surface area (Å²) in [5.41, 5.74) is 0.923. The van der Waals surface area contributed by atoms with E-state index in [4.69, 9.17) is 11.6 Å². The number of sulfonamides is 1. The molecule has 1 aromatic rings. The molecule has 0 saturated carbocycles. The maximum absolute atomic E-state index is 10.8. The van der Waals surface area contributed by atoms with Gasteiger partial charge in [0.15, 0.2) is 0 Å². The van der Waals surface area contributed by atoms with Gasteiger partial charge in [-0.05, 0) is 17.7 Å². The maximum Gasteiger partial charge on any atom is 0.208 e. The fourth-order valence-electron chi connectivity index (χ4n) is 1.22. The van der Waals surface area contributed by atoms with Crippen molar-refractivity contribution in [1.82, 2.24) is 10.0 Å². The molecule has 0 aliphatic heterocycles. The topological polar surface area (TPSA) is 78.4 Å². The average Bonchev–Trinajstić information content (AvgIpc) is 2.21. The van der Waals surface area contributed by atoms with Gasteiger partial charge in [0.25, 0.3) is 0 Å². The first-order valence-corrected chi connectivity index (χ1v) is 7.28. The van der Waals surface area contributed by atoms with E-state index in [1.54, 1.807) is 12.1 Å². The van der Waals surface area contributed by atoms with Crippen molar-refractivity contribution in [3.05, 3.63) is 28.8 Å². The van der Waals surface area contributed by atoms with Crippen LogP contribution in [0.2, 0.25) is 5.02 Å². The highest BCUT2D eigenvalue weighted by Gasteiger charge is 2.01. The Bertz CT molecular complexity index is 476. The largest absolute Gasteiger partial charge is 0.506 e. The van der Waals surface area contributed by atoms with E-state index >= 15 is 0 Å². The Hall–Kier alpha value is -0.820. The van der Waals surface area contributed by atoms with Gasteiger partial charge in [-0.2, -0.15) is 0 Å². The van der Waals surface area contributed by atoms with Crippen LogP contribution in [0, 0.1) is 0 Å². The second-order valence-corrected chi connectivity index (χ2v) is 5.87. The number of hydrogen-bond donors (Lipinski definition) is 3. The summed E-state index contributed by atoms with van der Waals surface area (Å²) in [5.74, 6) is 0.0501. The van der Waals surface area contributed by atoms with Gasteiger partial charge >= 0.3 is 0 Å². The van der Waals surface area contributed by atoms with Crippen molar-refractivity contribution in [3.8, 4) is 5.75 Å². The molecule has 0 radical (unpaired) electrons. The van der Waals surface area contributed by atoms with Gasteiger partial charge in [-0.25, -0.2) is 13.1 Å². The smallest absolute Gasteiger partial charge is 0.208 e. The van der Waals surface area contributed by atoms with E-state index in [1.165, 1.54) is 6.07 Å². The Morgan fingerprint density at radius 1 is 1.35 bits per heavy atom. The van der Waals surface area contributed by atoms with E-state index in [9.17, 15) is 13.5 Å². The first kappa shape index (κ1) is 14.2. The van der Waals surface area contributed by atoms with Gasteiger partial charge < -0.3 is 10.4 Å². The third kappa shape index (κ3) is 5.88. The van der Waals surface area contributed by atoms with Crippen molar-refractivity contribution in [3.63, 3.8) is 0 Å². The van der Waals surface area contributed by atoms with Crippen LogP contribution in [0.1, 0.15) is 5.56 Å². The van der Waals surface area contributed by atoms with Crippen LogP contribution in [-0.4, -0.2) is 32.9 Å². The molecule has 0 aliphatic carbocycles. The van der Waals surface area contributed by atoms with Gasteiger partial charge in [-0.3, -0.25) is 0 Å². The van der Waals surface area contributed by atoms with Gasteiger partial charge in [0.2, 0.25) is 10.0 Å². The maximum atomic E-state index is 10.8. The number of aromatic hydroxyl groups is 1. The predicted octanol–water partition coefficient (Wildman–Crippen LogP) is 0.684. The second-order valence-electron chi connectivity index (χ2n) is 3.63. The molecule has 0 fully saturated rings. The fourth-order valence-corrected chi connectivity index (χ4v) is 1.89. The number of halogens is 1. The van der Waals surface area contributed by atoms with Gasteiger partial charge in [0.05, 0.1) is 11.3 Å². The highest BCUT2D eigenvalue weighted by atomic mass is 35.5. The number of nitrogens with one attached hydrogen (secondary N) is 2. The van der Waals surface area contributed by atoms with Gasteiger partial charge in [0, 0.05) is 19.6 Å². The highest BCUT2D eigenvalue weighted by molar-refractivity contribution is 7.88. The SMILES string of the molecule is CS(=O)(=O)NCCNCc1ccc(O)c(Cl)c1. The van der Waals surface area contributed by atoms with Crippen LogP contribution >= 0.6 is 11.6 Å². The van der Waals surface area contributed by atoms with E-state index in [1.807, 2.05) is 0 Å². The molecular formula is C10H15ClN2O3S. The molecule has 17 heavy (non-hydrogen) atoms. The molecule has 0 amide bonds. The first-order chi connectivity index (χ1) is 7.88. The summed E-state index contributed by atoms with van der Waals surface area (Å²) >= 11 is 5.74. The zero-order valence-electron chi connectivity index (χ0n) is 9.40. The molecule has 0 aromatic heterocycles. The van der Waals surface area contributed by atoms with Crippen molar-refractivity contribution in [1.29, 1.82) is 0 Å². The van der Waals surface area contributed by atoms with E-state index < -0.39 is 10.0 Å².